The normalized spacial score (nSPS) is 9.18. The number of ether oxygens (including phenoxy) is 1. The topological polar surface area (TPSA) is 46.5 Å². The predicted molar refractivity (Wildman–Crippen MR) is 39.5 cm³/mol. The summed E-state index contributed by atoms with van der Waals surface area (Å²) >= 11 is 0. The predicted octanol–water partition coefficient (Wildman–Crippen LogP) is 0.828. The van der Waals surface area contributed by atoms with Crippen molar-refractivity contribution in [1.29, 1.82) is 0 Å². The summed E-state index contributed by atoms with van der Waals surface area (Å²) in [6.45, 7) is -0.373. The number of rotatable bonds is 3. The van der Waals surface area contributed by atoms with Crippen LogP contribution in [0.25, 0.3) is 0 Å². The van der Waals surface area contributed by atoms with Crippen LogP contribution < -0.4 is 4.74 Å². The molecule has 1 N–H and O–H groups in total. The minimum Gasteiger partial charge on any atom is -0.468 e. The van der Waals surface area contributed by atoms with Crippen molar-refractivity contribution in [3.63, 3.8) is 0 Å². The second kappa shape index (κ2) is 3.73. The summed E-state index contributed by atoms with van der Waals surface area (Å²) in [6, 6.07) is 6.58. The molecule has 0 radical (unpaired) electrons. The number of aliphatic hydroxyl groups is 1. The summed E-state index contributed by atoms with van der Waals surface area (Å²) in [5, 5.41) is 8.37. The molecule has 3 nitrogen and oxygen atoms in total. The van der Waals surface area contributed by atoms with Crippen LogP contribution in [0.2, 0.25) is 0 Å². The third kappa shape index (κ3) is 2.05. The average molecular weight is 152 g/mol. The molecule has 0 saturated heterocycles. The van der Waals surface area contributed by atoms with Crippen molar-refractivity contribution >= 4 is 6.29 Å². The van der Waals surface area contributed by atoms with Gasteiger partial charge >= 0.3 is 0 Å². The lowest BCUT2D eigenvalue weighted by Crippen LogP contribution is -1.94. The van der Waals surface area contributed by atoms with Crippen LogP contribution in [0.4, 0.5) is 0 Å². The summed E-state index contributed by atoms with van der Waals surface area (Å²) in [5.41, 5.74) is 0.538. The number of aldehydes is 1. The molecule has 1 aromatic rings. The fourth-order valence-corrected chi connectivity index (χ4v) is 0.752. The Kier molecular flexibility index (Phi) is 2.63. The van der Waals surface area contributed by atoms with Gasteiger partial charge in [0.1, 0.15) is 12.0 Å². The molecular weight excluding hydrogens is 144 g/mol. The van der Waals surface area contributed by atoms with Gasteiger partial charge in [-0.25, -0.2) is 0 Å². The van der Waals surface area contributed by atoms with Crippen molar-refractivity contribution in [2.75, 3.05) is 6.79 Å². The minimum absolute atomic E-state index is 0.373. The van der Waals surface area contributed by atoms with E-state index in [0.717, 1.165) is 6.29 Å². The quantitative estimate of drug-likeness (QED) is 0.515. The molecule has 0 aliphatic carbocycles. The zero-order valence-electron chi connectivity index (χ0n) is 5.86. The van der Waals surface area contributed by atoms with E-state index in [1.165, 1.54) is 0 Å². The summed E-state index contributed by atoms with van der Waals surface area (Å²) in [4.78, 5) is 10.2. The van der Waals surface area contributed by atoms with Gasteiger partial charge in [0, 0.05) is 5.56 Å². The van der Waals surface area contributed by atoms with Gasteiger partial charge in [0.05, 0.1) is 0 Å². The van der Waals surface area contributed by atoms with Crippen LogP contribution in [0.3, 0.4) is 0 Å². The van der Waals surface area contributed by atoms with Crippen molar-refractivity contribution in [3.8, 4) is 5.75 Å². The summed E-state index contributed by atoms with van der Waals surface area (Å²) in [7, 11) is 0. The molecule has 58 valence electrons. The Labute approximate surface area is 64.2 Å². The molecule has 0 unspecified atom stereocenters. The molecule has 0 aromatic heterocycles. The van der Waals surface area contributed by atoms with E-state index in [9.17, 15) is 4.79 Å². The number of hydrogen-bond acceptors (Lipinski definition) is 3. The van der Waals surface area contributed by atoms with Crippen LogP contribution in [-0.4, -0.2) is 18.2 Å². The van der Waals surface area contributed by atoms with Gasteiger partial charge in [-0.05, 0) is 12.1 Å². The van der Waals surface area contributed by atoms with Crippen LogP contribution in [-0.2, 0) is 0 Å². The molecule has 0 spiro atoms. The van der Waals surface area contributed by atoms with E-state index in [0.29, 0.717) is 11.3 Å². The lowest BCUT2D eigenvalue weighted by Gasteiger charge is -2.00. The van der Waals surface area contributed by atoms with E-state index in [1.54, 1.807) is 24.3 Å². The van der Waals surface area contributed by atoms with Crippen molar-refractivity contribution < 1.29 is 14.6 Å². The van der Waals surface area contributed by atoms with Crippen molar-refractivity contribution in [2.24, 2.45) is 0 Å². The first kappa shape index (κ1) is 7.75. The molecule has 0 aliphatic heterocycles. The molecule has 0 atom stereocenters. The highest BCUT2D eigenvalue weighted by Gasteiger charge is 1.92. The smallest absolute Gasteiger partial charge is 0.186 e. The first-order valence-corrected chi connectivity index (χ1v) is 3.15. The Morgan fingerprint density at radius 2 is 2.36 bits per heavy atom. The Hall–Kier alpha value is -1.35. The Bertz CT molecular complexity index is 245. The number of aliphatic hydroxyl groups excluding tert-OH is 1. The fraction of sp³-hybridized carbons (Fsp3) is 0.125. The van der Waals surface area contributed by atoms with Gasteiger partial charge in [-0.3, -0.25) is 4.79 Å². The molecule has 0 saturated carbocycles. The highest BCUT2D eigenvalue weighted by atomic mass is 16.6. The molecule has 3 heteroatoms. The second-order valence-electron chi connectivity index (χ2n) is 1.96. The van der Waals surface area contributed by atoms with Gasteiger partial charge in [0.25, 0.3) is 0 Å². The Morgan fingerprint density at radius 1 is 1.55 bits per heavy atom. The van der Waals surface area contributed by atoms with Crippen LogP contribution in [0.15, 0.2) is 24.3 Å². The first-order valence-electron chi connectivity index (χ1n) is 3.15. The van der Waals surface area contributed by atoms with E-state index in [1.807, 2.05) is 0 Å². The first-order chi connectivity index (χ1) is 5.36. The van der Waals surface area contributed by atoms with Gasteiger partial charge in [-0.2, -0.15) is 0 Å². The molecule has 11 heavy (non-hydrogen) atoms. The molecule has 0 heterocycles. The van der Waals surface area contributed by atoms with E-state index in [-0.39, 0.29) is 6.79 Å². The second-order valence-corrected chi connectivity index (χ2v) is 1.96. The lowest BCUT2D eigenvalue weighted by atomic mass is 10.2. The van der Waals surface area contributed by atoms with E-state index >= 15 is 0 Å². The monoisotopic (exact) mass is 152 g/mol. The lowest BCUT2D eigenvalue weighted by molar-refractivity contribution is 0.0981. The van der Waals surface area contributed by atoms with Gasteiger partial charge < -0.3 is 9.84 Å². The van der Waals surface area contributed by atoms with E-state index in [2.05, 4.69) is 0 Å². The maximum Gasteiger partial charge on any atom is 0.186 e. The zero-order chi connectivity index (χ0) is 8.10. The van der Waals surface area contributed by atoms with Crippen LogP contribution in [0.1, 0.15) is 10.4 Å². The van der Waals surface area contributed by atoms with Crippen LogP contribution in [0.5, 0.6) is 5.75 Å². The van der Waals surface area contributed by atoms with Crippen LogP contribution in [0, 0.1) is 0 Å². The molecule has 1 rings (SSSR count). The summed E-state index contributed by atoms with van der Waals surface area (Å²) in [5.74, 6) is 0.497. The van der Waals surface area contributed by atoms with Gasteiger partial charge in [-0.1, -0.05) is 12.1 Å². The average Bonchev–Trinajstić information content (AvgIpc) is 2.06. The molecule has 0 bridgehead atoms. The van der Waals surface area contributed by atoms with Gasteiger partial charge in [0.15, 0.2) is 6.79 Å². The van der Waals surface area contributed by atoms with Crippen molar-refractivity contribution in [3.05, 3.63) is 29.8 Å². The number of benzene rings is 1. The molecule has 0 fully saturated rings. The highest BCUT2D eigenvalue weighted by Crippen LogP contribution is 2.10. The van der Waals surface area contributed by atoms with Gasteiger partial charge in [0.2, 0.25) is 0 Å². The molecule has 1 aromatic carbocycles. The third-order valence-corrected chi connectivity index (χ3v) is 1.23. The fourth-order valence-electron chi connectivity index (χ4n) is 0.752. The van der Waals surface area contributed by atoms with Crippen molar-refractivity contribution in [1.82, 2.24) is 0 Å². The summed E-state index contributed by atoms with van der Waals surface area (Å²) in [6.07, 6.45) is 0.726. The molecular formula is C8H8O3. The number of hydrogen-bond donors (Lipinski definition) is 1. The van der Waals surface area contributed by atoms with Crippen molar-refractivity contribution in [2.45, 2.75) is 0 Å². The zero-order valence-corrected chi connectivity index (χ0v) is 5.86. The van der Waals surface area contributed by atoms with E-state index < -0.39 is 0 Å². The van der Waals surface area contributed by atoms with Crippen LogP contribution >= 0.6 is 0 Å². The number of carbonyl (C=O) groups is 1. The largest absolute Gasteiger partial charge is 0.468 e. The maximum atomic E-state index is 10.2. The van der Waals surface area contributed by atoms with Gasteiger partial charge in [-0.15, -0.1) is 0 Å². The van der Waals surface area contributed by atoms with E-state index in [4.69, 9.17) is 9.84 Å². The Morgan fingerprint density at radius 3 is 3.00 bits per heavy atom. The molecule has 0 aliphatic rings. The maximum absolute atomic E-state index is 10.2. The Balaban J connectivity index is 2.82. The third-order valence-electron chi connectivity index (χ3n) is 1.23. The number of carbonyl (C=O) groups excluding carboxylic acids is 1. The summed E-state index contributed by atoms with van der Waals surface area (Å²) < 4.78 is 4.74. The SMILES string of the molecule is O=Cc1cccc(OCO)c1. The minimum atomic E-state index is -0.373. The highest BCUT2D eigenvalue weighted by molar-refractivity contribution is 5.75. The molecule has 0 amide bonds. The standard InChI is InChI=1S/C8H8O3/c9-5-7-2-1-3-8(4-7)11-6-10/h1-5,10H,6H2.